The predicted molar refractivity (Wildman–Crippen MR) is 85.5 cm³/mol. The van der Waals surface area contributed by atoms with Gasteiger partial charge in [-0.15, -0.1) is 0 Å². The van der Waals surface area contributed by atoms with E-state index in [2.05, 4.69) is 16.9 Å². The zero-order valence-corrected chi connectivity index (χ0v) is 13.8. The second kappa shape index (κ2) is 6.30. The Balaban J connectivity index is 1.64. The van der Waals surface area contributed by atoms with Crippen LogP contribution in [0.2, 0.25) is 0 Å². The third-order valence-electron chi connectivity index (χ3n) is 5.63. The minimum absolute atomic E-state index is 0.200. The summed E-state index contributed by atoms with van der Waals surface area (Å²) in [6.45, 7) is 5.00. The van der Waals surface area contributed by atoms with E-state index in [-0.39, 0.29) is 12.5 Å². The van der Waals surface area contributed by atoms with Crippen molar-refractivity contribution in [2.45, 2.75) is 44.1 Å². The van der Waals surface area contributed by atoms with Crippen LogP contribution >= 0.6 is 0 Å². The second-order valence-electron chi connectivity index (χ2n) is 7.60. The lowest BCUT2D eigenvalue weighted by Gasteiger charge is -2.37. The number of likely N-dealkylation sites (tertiary alicyclic amines) is 1. The molecule has 5 heteroatoms. The van der Waals surface area contributed by atoms with Crippen LogP contribution in [0.4, 0.5) is 0 Å². The molecule has 1 aliphatic heterocycles. The van der Waals surface area contributed by atoms with Gasteiger partial charge in [-0.1, -0.05) is 6.92 Å². The van der Waals surface area contributed by atoms with Crippen molar-refractivity contribution in [3.8, 4) is 0 Å². The first-order valence-electron chi connectivity index (χ1n) is 8.53. The number of aliphatic hydroxyl groups excluding tert-OH is 1. The Bertz CT molecular complexity index is 494. The first-order chi connectivity index (χ1) is 10.5. The fourth-order valence-corrected chi connectivity index (χ4v) is 4.16. The maximum Gasteiger partial charge on any atom is 0.0774 e. The molecule has 1 aromatic heterocycles. The Morgan fingerprint density at radius 1 is 1.32 bits per heavy atom. The lowest BCUT2D eigenvalue weighted by atomic mass is 9.79. The lowest BCUT2D eigenvalue weighted by Crippen LogP contribution is -2.44. The van der Waals surface area contributed by atoms with Gasteiger partial charge in [0.15, 0.2) is 0 Å². The number of nitrogens with zero attached hydrogens (tertiary/aromatic N) is 3. The molecule has 1 aromatic rings. The quantitative estimate of drug-likeness (QED) is 0.882. The highest BCUT2D eigenvalue weighted by atomic mass is 16.3. The molecule has 2 heterocycles. The number of aryl methyl sites for hydroxylation is 1. The molecule has 0 radical (unpaired) electrons. The van der Waals surface area contributed by atoms with Crippen molar-refractivity contribution in [1.29, 1.82) is 0 Å². The van der Waals surface area contributed by atoms with Crippen molar-refractivity contribution >= 4 is 0 Å². The summed E-state index contributed by atoms with van der Waals surface area (Å²) in [5, 5.41) is 24.8. The topological polar surface area (TPSA) is 61.5 Å². The highest BCUT2D eigenvalue weighted by Crippen LogP contribution is 2.36. The molecule has 1 aliphatic carbocycles. The Labute approximate surface area is 132 Å². The number of β-amino-alcohol motifs (C(OH)–C–C–N with tert-alkyl or cyclic N) is 1. The molecule has 2 fully saturated rings. The van der Waals surface area contributed by atoms with E-state index in [0.717, 1.165) is 51.2 Å². The number of aliphatic hydroxyl groups is 2. The molecule has 1 saturated heterocycles. The zero-order valence-electron chi connectivity index (χ0n) is 13.8. The molecule has 0 unspecified atom stereocenters. The fourth-order valence-electron chi connectivity index (χ4n) is 4.16. The monoisotopic (exact) mass is 307 g/mol. The molecule has 0 bridgehead atoms. The molecular weight excluding hydrogens is 278 g/mol. The SMILES string of the molecule is CC1CCC(O)(CN2C[C@@H](CO)[C@H](c3cnn(C)c3)C2)CC1. The van der Waals surface area contributed by atoms with E-state index >= 15 is 0 Å². The minimum atomic E-state index is -0.531. The van der Waals surface area contributed by atoms with Crippen LogP contribution in [-0.2, 0) is 7.05 Å². The molecular formula is C17H29N3O2. The number of hydrogen-bond acceptors (Lipinski definition) is 4. The summed E-state index contributed by atoms with van der Waals surface area (Å²) < 4.78 is 1.82. The molecule has 3 rings (SSSR count). The highest BCUT2D eigenvalue weighted by Gasteiger charge is 2.39. The molecule has 124 valence electrons. The lowest BCUT2D eigenvalue weighted by molar-refractivity contribution is -0.0317. The molecule has 2 aliphatic rings. The molecule has 5 nitrogen and oxygen atoms in total. The van der Waals surface area contributed by atoms with Crippen LogP contribution in [0.1, 0.15) is 44.1 Å². The summed E-state index contributed by atoms with van der Waals surface area (Å²) in [6.07, 6.45) is 8.03. The molecule has 0 spiro atoms. The minimum Gasteiger partial charge on any atom is -0.396 e. The van der Waals surface area contributed by atoms with Crippen LogP contribution in [-0.4, -0.2) is 56.7 Å². The van der Waals surface area contributed by atoms with Crippen molar-refractivity contribution in [3.63, 3.8) is 0 Å². The van der Waals surface area contributed by atoms with Crippen LogP contribution in [0.15, 0.2) is 12.4 Å². The van der Waals surface area contributed by atoms with Gasteiger partial charge in [0.2, 0.25) is 0 Å². The standard InChI is InChI=1S/C17H29N3O2/c1-13-3-5-17(22,6-4-13)12-20-9-15(11-21)16(10-20)14-7-18-19(2)8-14/h7-8,13,15-16,21-22H,3-6,9-12H2,1-2H3/t13?,15-,16-,17?/m0/s1. The van der Waals surface area contributed by atoms with Gasteiger partial charge in [-0.25, -0.2) is 0 Å². The number of hydrogen-bond donors (Lipinski definition) is 2. The smallest absolute Gasteiger partial charge is 0.0774 e. The van der Waals surface area contributed by atoms with Crippen LogP contribution in [0.3, 0.4) is 0 Å². The summed E-state index contributed by atoms with van der Waals surface area (Å²) in [7, 11) is 1.93. The molecule has 0 aromatic carbocycles. The van der Waals surface area contributed by atoms with Gasteiger partial charge < -0.3 is 10.2 Å². The summed E-state index contributed by atoms with van der Waals surface area (Å²) in [6, 6.07) is 0. The Kier molecular flexibility index (Phi) is 4.57. The number of aromatic nitrogens is 2. The van der Waals surface area contributed by atoms with Crippen LogP contribution in [0, 0.1) is 11.8 Å². The third-order valence-corrected chi connectivity index (χ3v) is 5.63. The summed E-state index contributed by atoms with van der Waals surface area (Å²) >= 11 is 0. The molecule has 22 heavy (non-hydrogen) atoms. The number of rotatable bonds is 4. The van der Waals surface area contributed by atoms with Crippen molar-refractivity contribution in [2.24, 2.45) is 18.9 Å². The first kappa shape index (κ1) is 16.0. The van der Waals surface area contributed by atoms with Crippen molar-refractivity contribution in [3.05, 3.63) is 18.0 Å². The molecule has 0 amide bonds. The summed E-state index contributed by atoms with van der Waals surface area (Å²) in [5.74, 6) is 1.31. The Hall–Kier alpha value is -0.910. The maximum absolute atomic E-state index is 10.8. The van der Waals surface area contributed by atoms with E-state index in [1.807, 2.05) is 24.1 Å². The van der Waals surface area contributed by atoms with Gasteiger partial charge in [-0.3, -0.25) is 9.58 Å². The van der Waals surface area contributed by atoms with Gasteiger partial charge in [-0.05, 0) is 37.2 Å². The highest BCUT2D eigenvalue weighted by molar-refractivity contribution is 5.16. The summed E-state index contributed by atoms with van der Waals surface area (Å²) in [4.78, 5) is 2.34. The van der Waals surface area contributed by atoms with Crippen molar-refractivity contribution in [2.75, 3.05) is 26.2 Å². The van der Waals surface area contributed by atoms with Crippen LogP contribution < -0.4 is 0 Å². The van der Waals surface area contributed by atoms with E-state index in [9.17, 15) is 10.2 Å². The predicted octanol–water partition coefficient (Wildman–Crippen LogP) is 1.37. The normalized spacial score (nSPS) is 36.8. The van der Waals surface area contributed by atoms with Gasteiger partial charge in [0.25, 0.3) is 0 Å². The van der Waals surface area contributed by atoms with Crippen LogP contribution in [0.5, 0.6) is 0 Å². The van der Waals surface area contributed by atoms with Gasteiger partial charge in [-0.2, -0.15) is 5.10 Å². The maximum atomic E-state index is 10.8. The summed E-state index contributed by atoms with van der Waals surface area (Å²) in [5.41, 5.74) is 0.671. The second-order valence-corrected chi connectivity index (χ2v) is 7.60. The van der Waals surface area contributed by atoms with Gasteiger partial charge >= 0.3 is 0 Å². The van der Waals surface area contributed by atoms with Gasteiger partial charge in [0, 0.05) is 51.3 Å². The fraction of sp³-hybridized carbons (Fsp3) is 0.824. The largest absolute Gasteiger partial charge is 0.396 e. The Morgan fingerprint density at radius 2 is 2.05 bits per heavy atom. The van der Waals surface area contributed by atoms with E-state index in [0.29, 0.717) is 5.92 Å². The third kappa shape index (κ3) is 3.36. The van der Waals surface area contributed by atoms with E-state index in [4.69, 9.17) is 0 Å². The molecule has 2 N–H and O–H groups in total. The average Bonchev–Trinajstić information content (AvgIpc) is 3.08. The van der Waals surface area contributed by atoms with Crippen molar-refractivity contribution < 1.29 is 10.2 Å². The van der Waals surface area contributed by atoms with E-state index < -0.39 is 5.60 Å². The van der Waals surface area contributed by atoms with E-state index in [1.165, 1.54) is 5.56 Å². The van der Waals surface area contributed by atoms with Crippen molar-refractivity contribution in [1.82, 2.24) is 14.7 Å². The van der Waals surface area contributed by atoms with Crippen LogP contribution in [0.25, 0.3) is 0 Å². The average molecular weight is 307 g/mol. The zero-order chi connectivity index (χ0) is 15.7. The molecule has 2 atom stereocenters. The Morgan fingerprint density at radius 3 is 2.64 bits per heavy atom. The van der Waals surface area contributed by atoms with Gasteiger partial charge in [0.05, 0.1) is 11.8 Å². The first-order valence-corrected chi connectivity index (χ1v) is 8.53. The van der Waals surface area contributed by atoms with E-state index in [1.54, 1.807) is 0 Å². The van der Waals surface area contributed by atoms with Gasteiger partial charge in [0.1, 0.15) is 0 Å². The molecule has 1 saturated carbocycles.